The van der Waals surface area contributed by atoms with Crippen LogP contribution in [0.15, 0.2) is 0 Å². The zero-order valence-electron chi connectivity index (χ0n) is 10.1. The molecule has 0 aromatic rings. The quantitative estimate of drug-likeness (QED) is 0.755. The van der Waals surface area contributed by atoms with E-state index in [2.05, 4.69) is 32.3 Å². The normalized spacial score (nSPS) is 21.4. The molecule has 0 spiro atoms. The number of hydrogen-bond acceptors (Lipinski definition) is 2. The maximum atomic E-state index is 3.69. The molecule has 84 valence electrons. The lowest BCUT2D eigenvalue weighted by Crippen LogP contribution is -2.40. The molecule has 1 fully saturated rings. The summed E-state index contributed by atoms with van der Waals surface area (Å²) >= 11 is 1.95. The molecular weight excluding hydrogens is 190 g/mol. The third kappa shape index (κ3) is 3.82. The summed E-state index contributed by atoms with van der Waals surface area (Å²) in [6.07, 6.45) is 7.97. The monoisotopic (exact) mass is 215 g/mol. The second-order valence-corrected chi connectivity index (χ2v) is 6.69. The highest BCUT2D eigenvalue weighted by molar-refractivity contribution is 7.99. The molecule has 0 saturated heterocycles. The van der Waals surface area contributed by atoms with Crippen LogP contribution >= 0.6 is 11.8 Å². The van der Waals surface area contributed by atoms with Gasteiger partial charge in [0.1, 0.15) is 0 Å². The number of thioether (sulfide) groups is 1. The third-order valence-corrected chi connectivity index (χ3v) is 4.76. The second kappa shape index (κ2) is 5.41. The molecule has 0 aliphatic heterocycles. The fraction of sp³-hybridized carbons (Fsp3) is 1.00. The molecule has 14 heavy (non-hydrogen) atoms. The SMILES string of the molecule is CSC(C)(C)CNC(C)C1CCCC1. The summed E-state index contributed by atoms with van der Waals surface area (Å²) in [5, 5.41) is 3.69. The average Bonchev–Trinajstić information content (AvgIpc) is 2.67. The van der Waals surface area contributed by atoms with Gasteiger partial charge < -0.3 is 5.32 Å². The summed E-state index contributed by atoms with van der Waals surface area (Å²) in [6.45, 7) is 8.11. The molecule has 0 heterocycles. The molecule has 1 aliphatic carbocycles. The van der Waals surface area contributed by atoms with Crippen LogP contribution in [0.2, 0.25) is 0 Å². The molecule has 1 unspecified atom stereocenters. The van der Waals surface area contributed by atoms with Gasteiger partial charge in [-0.25, -0.2) is 0 Å². The van der Waals surface area contributed by atoms with Gasteiger partial charge in [-0.3, -0.25) is 0 Å². The number of hydrogen-bond donors (Lipinski definition) is 1. The maximum Gasteiger partial charge on any atom is 0.0225 e. The molecule has 1 saturated carbocycles. The van der Waals surface area contributed by atoms with E-state index >= 15 is 0 Å². The largest absolute Gasteiger partial charge is 0.313 e. The fourth-order valence-electron chi connectivity index (χ4n) is 2.10. The highest BCUT2D eigenvalue weighted by atomic mass is 32.2. The standard InChI is InChI=1S/C12H25NS/c1-10(11-7-5-6-8-11)13-9-12(2,3)14-4/h10-11,13H,5-9H2,1-4H3. The van der Waals surface area contributed by atoms with Crippen molar-refractivity contribution >= 4 is 11.8 Å². The highest BCUT2D eigenvalue weighted by Gasteiger charge is 2.23. The van der Waals surface area contributed by atoms with Crippen LogP contribution in [0.1, 0.15) is 46.5 Å². The van der Waals surface area contributed by atoms with Crippen LogP contribution in [0.25, 0.3) is 0 Å². The Morgan fingerprint density at radius 2 is 1.93 bits per heavy atom. The zero-order valence-corrected chi connectivity index (χ0v) is 10.9. The van der Waals surface area contributed by atoms with E-state index in [0.29, 0.717) is 10.8 Å². The minimum Gasteiger partial charge on any atom is -0.313 e. The van der Waals surface area contributed by atoms with Crippen molar-refractivity contribution < 1.29 is 0 Å². The van der Waals surface area contributed by atoms with Crippen LogP contribution in [0.5, 0.6) is 0 Å². The highest BCUT2D eigenvalue weighted by Crippen LogP contribution is 2.28. The summed E-state index contributed by atoms with van der Waals surface area (Å²) in [5.41, 5.74) is 0. The molecule has 1 atom stereocenters. The lowest BCUT2D eigenvalue weighted by molar-refractivity contribution is 0.372. The van der Waals surface area contributed by atoms with Crippen LogP contribution in [0, 0.1) is 5.92 Å². The lowest BCUT2D eigenvalue weighted by atomic mass is 9.99. The second-order valence-electron chi connectivity index (χ2n) is 5.18. The topological polar surface area (TPSA) is 12.0 Å². The molecule has 0 bridgehead atoms. The van der Waals surface area contributed by atoms with Gasteiger partial charge in [0.05, 0.1) is 0 Å². The van der Waals surface area contributed by atoms with Crippen molar-refractivity contribution in [2.75, 3.05) is 12.8 Å². The first-order chi connectivity index (χ1) is 6.55. The van der Waals surface area contributed by atoms with Crippen molar-refractivity contribution in [1.82, 2.24) is 5.32 Å². The van der Waals surface area contributed by atoms with Crippen molar-refractivity contribution in [3.63, 3.8) is 0 Å². The molecule has 0 amide bonds. The van der Waals surface area contributed by atoms with Gasteiger partial charge in [-0.05, 0) is 45.8 Å². The van der Waals surface area contributed by atoms with Crippen LogP contribution in [-0.2, 0) is 0 Å². The molecule has 0 aromatic heterocycles. The van der Waals surface area contributed by atoms with Gasteiger partial charge in [0.25, 0.3) is 0 Å². The van der Waals surface area contributed by atoms with E-state index in [1.807, 2.05) is 11.8 Å². The van der Waals surface area contributed by atoms with Crippen molar-refractivity contribution in [2.24, 2.45) is 5.92 Å². The van der Waals surface area contributed by atoms with Crippen molar-refractivity contribution in [2.45, 2.75) is 57.2 Å². The predicted molar refractivity (Wildman–Crippen MR) is 67.0 cm³/mol. The Kier molecular flexibility index (Phi) is 4.78. The van der Waals surface area contributed by atoms with Crippen molar-refractivity contribution in [1.29, 1.82) is 0 Å². The molecule has 0 aromatic carbocycles. The average molecular weight is 215 g/mol. The van der Waals surface area contributed by atoms with Gasteiger partial charge in [0.2, 0.25) is 0 Å². The first-order valence-electron chi connectivity index (χ1n) is 5.84. The Balaban J connectivity index is 2.23. The first-order valence-corrected chi connectivity index (χ1v) is 7.06. The molecule has 1 nitrogen and oxygen atoms in total. The van der Waals surface area contributed by atoms with E-state index in [9.17, 15) is 0 Å². The van der Waals surface area contributed by atoms with E-state index in [4.69, 9.17) is 0 Å². The van der Waals surface area contributed by atoms with Crippen molar-refractivity contribution in [3.8, 4) is 0 Å². The van der Waals surface area contributed by atoms with Gasteiger partial charge >= 0.3 is 0 Å². The molecular formula is C12H25NS. The van der Waals surface area contributed by atoms with Gasteiger partial charge in [-0.2, -0.15) is 11.8 Å². The summed E-state index contributed by atoms with van der Waals surface area (Å²) in [5.74, 6) is 0.938. The van der Waals surface area contributed by atoms with E-state index in [0.717, 1.165) is 12.5 Å². The molecule has 2 heteroatoms. The van der Waals surface area contributed by atoms with E-state index in [1.54, 1.807) is 0 Å². The van der Waals surface area contributed by atoms with E-state index in [1.165, 1.54) is 25.7 Å². The van der Waals surface area contributed by atoms with Gasteiger partial charge in [-0.15, -0.1) is 0 Å². The first kappa shape index (κ1) is 12.4. The Hall–Kier alpha value is 0.310. The zero-order chi connectivity index (χ0) is 10.6. The number of nitrogens with one attached hydrogen (secondary N) is 1. The van der Waals surface area contributed by atoms with E-state index < -0.39 is 0 Å². The summed E-state index contributed by atoms with van der Waals surface area (Å²) in [6, 6.07) is 0.712. The molecule has 0 radical (unpaired) electrons. The van der Waals surface area contributed by atoms with Gasteiger partial charge in [-0.1, -0.05) is 12.8 Å². The molecule has 1 aliphatic rings. The smallest absolute Gasteiger partial charge is 0.0225 e. The van der Waals surface area contributed by atoms with Crippen LogP contribution in [0.4, 0.5) is 0 Å². The van der Waals surface area contributed by atoms with Crippen LogP contribution < -0.4 is 5.32 Å². The molecule has 1 N–H and O–H groups in total. The van der Waals surface area contributed by atoms with Crippen molar-refractivity contribution in [3.05, 3.63) is 0 Å². The predicted octanol–water partition coefficient (Wildman–Crippen LogP) is 3.30. The number of rotatable bonds is 5. The fourth-order valence-corrected chi connectivity index (χ4v) is 2.33. The Morgan fingerprint density at radius 1 is 1.36 bits per heavy atom. The minimum atomic E-state index is 0.382. The molecule has 1 rings (SSSR count). The summed E-state index contributed by atoms with van der Waals surface area (Å²) < 4.78 is 0.382. The Labute approximate surface area is 93.4 Å². The van der Waals surface area contributed by atoms with Crippen LogP contribution in [-0.4, -0.2) is 23.6 Å². The lowest BCUT2D eigenvalue weighted by Gasteiger charge is -2.27. The van der Waals surface area contributed by atoms with Crippen LogP contribution in [0.3, 0.4) is 0 Å². The van der Waals surface area contributed by atoms with Gasteiger partial charge in [0.15, 0.2) is 0 Å². The van der Waals surface area contributed by atoms with Gasteiger partial charge in [0, 0.05) is 17.3 Å². The Bertz CT molecular complexity index is 162. The third-order valence-electron chi connectivity index (χ3n) is 3.51. The van der Waals surface area contributed by atoms with E-state index in [-0.39, 0.29) is 0 Å². The summed E-state index contributed by atoms with van der Waals surface area (Å²) in [4.78, 5) is 0. The minimum absolute atomic E-state index is 0.382. The Morgan fingerprint density at radius 3 is 2.43 bits per heavy atom. The maximum absolute atomic E-state index is 3.69. The summed E-state index contributed by atoms with van der Waals surface area (Å²) in [7, 11) is 0.